The molecule has 2 fully saturated rings. The molecule has 0 spiro atoms. The van der Waals surface area contributed by atoms with Gasteiger partial charge in [-0.05, 0) is 52.4 Å². The van der Waals surface area contributed by atoms with E-state index < -0.39 is 28.6 Å². The van der Waals surface area contributed by atoms with E-state index in [9.17, 15) is 14.7 Å². The van der Waals surface area contributed by atoms with E-state index >= 15 is 0 Å². The molecule has 2 aliphatic heterocycles. The van der Waals surface area contributed by atoms with Crippen LogP contribution in [0.2, 0.25) is 0 Å². The molecule has 6 nitrogen and oxygen atoms in total. The fraction of sp³-hybridized carbons (Fsp3) is 0.889. The number of carboxylic acid groups (broad SMARTS) is 2. The molecule has 2 aliphatic rings. The van der Waals surface area contributed by atoms with Crippen LogP contribution in [0.3, 0.4) is 0 Å². The maximum atomic E-state index is 12.3. The molecule has 6 heteroatoms. The first-order chi connectivity index (χ1) is 11.2. The van der Waals surface area contributed by atoms with Crippen molar-refractivity contribution in [2.24, 2.45) is 5.41 Å². The molecule has 0 bridgehead atoms. The summed E-state index contributed by atoms with van der Waals surface area (Å²) in [6, 6.07) is 0. The van der Waals surface area contributed by atoms with Crippen molar-refractivity contribution in [1.82, 2.24) is 0 Å². The zero-order valence-electron chi connectivity index (χ0n) is 15.1. The van der Waals surface area contributed by atoms with Crippen LogP contribution in [-0.2, 0) is 19.1 Å². The van der Waals surface area contributed by atoms with Gasteiger partial charge in [0.2, 0.25) is 0 Å². The Labute approximate surface area is 143 Å². The van der Waals surface area contributed by atoms with Gasteiger partial charge >= 0.3 is 11.9 Å². The summed E-state index contributed by atoms with van der Waals surface area (Å²) in [6.07, 6.45) is 3.14. The molecule has 4 unspecified atom stereocenters. The number of ether oxygens (including phenoxy) is 2. The Bertz CT molecular complexity index is 470. The topological polar surface area (TPSA) is 99.7 Å². The molecule has 2 N–H and O–H groups in total. The number of aliphatic carboxylic acids is 2. The first-order valence-electron chi connectivity index (χ1n) is 8.96. The van der Waals surface area contributed by atoms with Crippen molar-refractivity contribution in [2.45, 2.75) is 96.1 Å². The van der Waals surface area contributed by atoms with E-state index in [4.69, 9.17) is 14.6 Å². The van der Waals surface area contributed by atoms with E-state index in [0.717, 1.165) is 12.8 Å². The SMILES string of the molecule is CCC1(CC(CCCC(=O)O)(CC2(CC)OC2C)C(=O)O)OC1C. The molecule has 0 aromatic rings. The van der Waals surface area contributed by atoms with Crippen LogP contribution < -0.4 is 0 Å². The number of rotatable bonds is 11. The van der Waals surface area contributed by atoms with Gasteiger partial charge in [0.05, 0.1) is 28.8 Å². The molecule has 24 heavy (non-hydrogen) atoms. The van der Waals surface area contributed by atoms with Crippen LogP contribution in [0, 0.1) is 5.41 Å². The molecule has 0 aromatic carbocycles. The molecule has 2 saturated heterocycles. The average molecular weight is 342 g/mol. The smallest absolute Gasteiger partial charge is 0.309 e. The Hall–Kier alpha value is -1.14. The van der Waals surface area contributed by atoms with Gasteiger partial charge in [-0.2, -0.15) is 0 Å². The van der Waals surface area contributed by atoms with E-state index in [1.54, 1.807) is 0 Å². The molecular formula is C18H30O6. The van der Waals surface area contributed by atoms with Gasteiger partial charge in [-0.15, -0.1) is 0 Å². The van der Waals surface area contributed by atoms with E-state index in [0.29, 0.717) is 25.7 Å². The molecule has 0 saturated carbocycles. The summed E-state index contributed by atoms with van der Waals surface area (Å²) in [5.41, 5.74) is -1.79. The summed E-state index contributed by atoms with van der Waals surface area (Å²) in [4.78, 5) is 23.2. The summed E-state index contributed by atoms with van der Waals surface area (Å²) in [7, 11) is 0. The summed E-state index contributed by atoms with van der Waals surface area (Å²) in [6.45, 7) is 7.97. The third kappa shape index (κ3) is 3.59. The van der Waals surface area contributed by atoms with E-state index in [2.05, 4.69) is 0 Å². The van der Waals surface area contributed by atoms with Crippen molar-refractivity contribution in [2.75, 3.05) is 0 Å². The molecule has 0 amide bonds. The lowest BCUT2D eigenvalue weighted by atomic mass is 9.67. The Morgan fingerprint density at radius 3 is 1.67 bits per heavy atom. The number of epoxide rings is 2. The Morgan fingerprint density at radius 2 is 1.42 bits per heavy atom. The van der Waals surface area contributed by atoms with Crippen molar-refractivity contribution < 1.29 is 29.3 Å². The highest BCUT2D eigenvalue weighted by Crippen LogP contribution is 2.56. The monoisotopic (exact) mass is 342 g/mol. The van der Waals surface area contributed by atoms with Gasteiger partial charge in [-0.25, -0.2) is 0 Å². The van der Waals surface area contributed by atoms with Gasteiger partial charge in [-0.1, -0.05) is 13.8 Å². The Kier molecular flexibility index (Phi) is 5.31. The maximum Gasteiger partial charge on any atom is 0.309 e. The molecule has 0 aromatic heterocycles. The molecule has 2 rings (SSSR count). The molecule has 4 atom stereocenters. The van der Waals surface area contributed by atoms with Gasteiger partial charge in [0.25, 0.3) is 0 Å². The third-order valence-electron chi connectivity index (χ3n) is 6.16. The van der Waals surface area contributed by atoms with E-state index in [-0.39, 0.29) is 18.6 Å². The second kappa shape index (κ2) is 6.64. The second-order valence-corrected chi connectivity index (χ2v) is 7.54. The van der Waals surface area contributed by atoms with Gasteiger partial charge in [0.1, 0.15) is 0 Å². The lowest BCUT2D eigenvalue weighted by Gasteiger charge is -2.34. The minimum absolute atomic E-state index is 0.0138. The van der Waals surface area contributed by atoms with Crippen molar-refractivity contribution in [3.63, 3.8) is 0 Å². The maximum absolute atomic E-state index is 12.3. The van der Waals surface area contributed by atoms with Crippen molar-refractivity contribution >= 4 is 11.9 Å². The largest absolute Gasteiger partial charge is 0.481 e. The third-order valence-corrected chi connectivity index (χ3v) is 6.16. The van der Waals surface area contributed by atoms with Crippen LogP contribution in [0.15, 0.2) is 0 Å². The van der Waals surface area contributed by atoms with Gasteiger partial charge in [-0.3, -0.25) is 9.59 Å². The first kappa shape index (κ1) is 19.2. The zero-order valence-corrected chi connectivity index (χ0v) is 15.1. The van der Waals surface area contributed by atoms with Crippen LogP contribution in [-0.4, -0.2) is 45.6 Å². The van der Waals surface area contributed by atoms with Crippen molar-refractivity contribution in [3.8, 4) is 0 Å². The summed E-state index contributed by atoms with van der Waals surface area (Å²) < 4.78 is 11.5. The fourth-order valence-corrected chi connectivity index (χ4v) is 4.22. The van der Waals surface area contributed by atoms with Crippen molar-refractivity contribution in [1.29, 1.82) is 0 Å². The van der Waals surface area contributed by atoms with Crippen LogP contribution in [0.5, 0.6) is 0 Å². The lowest BCUT2D eigenvalue weighted by Crippen LogP contribution is -2.41. The summed E-state index contributed by atoms with van der Waals surface area (Å²) in [5, 5.41) is 19.0. The normalized spacial score (nSPS) is 36.8. The molecule has 0 aliphatic carbocycles. The lowest BCUT2D eigenvalue weighted by molar-refractivity contribution is -0.153. The zero-order chi connectivity index (χ0) is 18.2. The second-order valence-electron chi connectivity index (χ2n) is 7.54. The first-order valence-corrected chi connectivity index (χ1v) is 8.96. The summed E-state index contributed by atoms with van der Waals surface area (Å²) >= 11 is 0. The van der Waals surface area contributed by atoms with E-state index in [1.165, 1.54) is 0 Å². The quantitative estimate of drug-likeness (QED) is 0.559. The van der Waals surface area contributed by atoms with E-state index in [1.807, 2.05) is 27.7 Å². The molecule has 2 heterocycles. The van der Waals surface area contributed by atoms with Crippen LogP contribution >= 0.6 is 0 Å². The highest BCUT2D eigenvalue weighted by atomic mass is 16.6. The van der Waals surface area contributed by atoms with Gasteiger partial charge in [0.15, 0.2) is 0 Å². The Balaban J connectivity index is 2.23. The fourth-order valence-electron chi connectivity index (χ4n) is 4.22. The number of carboxylic acids is 2. The number of carbonyl (C=O) groups is 2. The highest BCUT2D eigenvalue weighted by Gasteiger charge is 2.63. The molecular weight excluding hydrogens is 312 g/mol. The van der Waals surface area contributed by atoms with Gasteiger partial charge < -0.3 is 19.7 Å². The predicted octanol–water partition coefficient (Wildman–Crippen LogP) is 3.23. The number of hydrogen-bond acceptors (Lipinski definition) is 4. The minimum atomic E-state index is -1.00. The standard InChI is InChI=1S/C18H30O6/c1-5-17(12(3)23-17)10-16(15(21)22,9-7-8-14(19)20)11-18(6-2)13(4)24-18/h12-13H,5-11H2,1-4H3,(H,19,20)(H,21,22). The molecule has 0 radical (unpaired) electrons. The van der Waals surface area contributed by atoms with Crippen molar-refractivity contribution in [3.05, 3.63) is 0 Å². The van der Waals surface area contributed by atoms with Gasteiger partial charge in [0, 0.05) is 6.42 Å². The minimum Gasteiger partial charge on any atom is -0.481 e. The summed E-state index contributed by atoms with van der Waals surface area (Å²) in [5.74, 6) is -1.75. The highest BCUT2D eigenvalue weighted by molar-refractivity contribution is 5.75. The van der Waals surface area contributed by atoms with Crippen LogP contribution in [0.25, 0.3) is 0 Å². The number of hydrogen-bond donors (Lipinski definition) is 2. The molecule has 138 valence electrons. The predicted molar refractivity (Wildman–Crippen MR) is 87.9 cm³/mol. The van der Waals surface area contributed by atoms with Crippen LogP contribution in [0.4, 0.5) is 0 Å². The Morgan fingerprint density at radius 1 is 1.00 bits per heavy atom. The van der Waals surface area contributed by atoms with Crippen LogP contribution in [0.1, 0.15) is 72.6 Å². The average Bonchev–Trinajstić information content (AvgIpc) is 3.35.